The maximum absolute atomic E-state index is 3.42. The van der Waals surface area contributed by atoms with Gasteiger partial charge >= 0.3 is 0 Å². The van der Waals surface area contributed by atoms with E-state index in [1.54, 1.807) is 11.3 Å². The number of para-hydroxylation sites is 1. The summed E-state index contributed by atoms with van der Waals surface area (Å²) in [6.45, 7) is 5.03. The smallest absolute Gasteiger partial charge is 0.0529 e. The number of rotatable bonds is 5. The molecule has 0 fully saturated rings. The third kappa shape index (κ3) is 2.57. The zero-order valence-corrected chi connectivity index (χ0v) is 11.9. The van der Waals surface area contributed by atoms with Crippen molar-refractivity contribution in [3.05, 3.63) is 58.4 Å². The monoisotopic (exact) mass is 270 g/mol. The molecule has 2 nitrogen and oxygen atoms in total. The molecule has 3 aromatic rings. The summed E-state index contributed by atoms with van der Waals surface area (Å²) in [4.78, 5) is 0. The number of fused-ring (bicyclic) bond motifs is 1. The van der Waals surface area contributed by atoms with Gasteiger partial charge in [-0.2, -0.15) is 11.3 Å². The van der Waals surface area contributed by atoms with Crippen molar-refractivity contribution in [3.63, 3.8) is 0 Å². The summed E-state index contributed by atoms with van der Waals surface area (Å²) in [7, 11) is 0. The van der Waals surface area contributed by atoms with Gasteiger partial charge in [-0.1, -0.05) is 25.1 Å². The molecule has 0 aliphatic carbocycles. The Morgan fingerprint density at radius 1 is 1.21 bits per heavy atom. The van der Waals surface area contributed by atoms with E-state index in [0.29, 0.717) is 0 Å². The second kappa shape index (κ2) is 5.59. The summed E-state index contributed by atoms with van der Waals surface area (Å²) in [5.41, 5.74) is 4.11. The Bertz CT molecular complexity index is 653. The van der Waals surface area contributed by atoms with Crippen LogP contribution in [0.5, 0.6) is 0 Å². The molecule has 3 heteroatoms. The predicted molar refractivity (Wildman–Crippen MR) is 82.7 cm³/mol. The van der Waals surface area contributed by atoms with Crippen molar-refractivity contribution in [2.45, 2.75) is 20.0 Å². The summed E-state index contributed by atoms with van der Waals surface area (Å²) in [5.74, 6) is 0. The standard InChI is InChI=1S/C16H18N2S/c1-2-17-10-15-5-3-4-14-6-8-18(16(14)15)11-13-7-9-19-12-13/h3-9,12,17H,2,10-11H2,1H3. The van der Waals surface area contributed by atoms with E-state index in [-0.39, 0.29) is 0 Å². The van der Waals surface area contributed by atoms with Crippen LogP contribution < -0.4 is 5.32 Å². The molecule has 1 aromatic carbocycles. The normalized spacial score (nSPS) is 11.2. The Kier molecular flexibility index (Phi) is 3.67. The van der Waals surface area contributed by atoms with Gasteiger partial charge in [0.2, 0.25) is 0 Å². The molecule has 2 heterocycles. The van der Waals surface area contributed by atoms with Crippen molar-refractivity contribution in [1.29, 1.82) is 0 Å². The van der Waals surface area contributed by atoms with Crippen LogP contribution in [0.2, 0.25) is 0 Å². The molecule has 0 spiro atoms. The molecule has 0 amide bonds. The number of aromatic nitrogens is 1. The molecule has 3 rings (SSSR count). The van der Waals surface area contributed by atoms with Gasteiger partial charge in [0.15, 0.2) is 0 Å². The third-order valence-electron chi connectivity index (χ3n) is 3.37. The summed E-state index contributed by atoms with van der Waals surface area (Å²) in [6, 6.07) is 11.0. The quantitative estimate of drug-likeness (QED) is 0.745. The van der Waals surface area contributed by atoms with Crippen LogP contribution in [-0.2, 0) is 13.1 Å². The largest absolute Gasteiger partial charge is 0.343 e. The van der Waals surface area contributed by atoms with Crippen molar-refractivity contribution in [2.24, 2.45) is 0 Å². The molecule has 0 saturated carbocycles. The van der Waals surface area contributed by atoms with E-state index in [1.165, 1.54) is 22.0 Å². The Labute approximate surface area is 117 Å². The molecular formula is C16H18N2S. The lowest BCUT2D eigenvalue weighted by atomic mass is 10.1. The summed E-state index contributed by atoms with van der Waals surface area (Å²) in [6.07, 6.45) is 2.19. The Balaban J connectivity index is 1.99. The van der Waals surface area contributed by atoms with Crippen LogP contribution in [0, 0.1) is 0 Å². The fourth-order valence-corrected chi connectivity index (χ4v) is 3.11. The van der Waals surface area contributed by atoms with Crippen LogP contribution >= 0.6 is 11.3 Å². The van der Waals surface area contributed by atoms with Gasteiger partial charge in [-0.15, -0.1) is 0 Å². The predicted octanol–water partition coefficient (Wildman–Crippen LogP) is 3.86. The zero-order valence-electron chi connectivity index (χ0n) is 11.1. The van der Waals surface area contributed by atoms with Gasteiger partial charge in [0.05, 0.1) is 5.52 Å². The highest BCUT2D eigenvalue weighted by atomic mass is 32.1. The number of nitrogens with one attached hydrogen (secondary N) is 1. The van der Waals surface area contributed by atoms with E-state index < -0.39 is 0 Å². The molecule has 0 unspecified atom stereocenters. The third-order valence-corrected chi connectivity index (χ3v) is 4.10. The van der Waals surface area contributed by atoms with E-state index in [1.807, 2.05) is 0 Å². The molecular weight excluding hydrogens is 252 g/mol. The first-order valence-electron chi connectivity index (χ1n) is 6.67. The molecule has 2 aromatic heterocycles. The molecule has 0 radical (unpaired) electrons. The van der Waals surface area contributed by atoms with Crippen molar-refractivity contribution in [3.8, 4) is 0 Å². The number of thiophene rings is 1. The lowest BCUT2D eigenvalue weighted by molar-refractivity contribution is 0.724. The molecule has 1 N–H and O–H groups in total. The average molecular weight is 270 g/mol. The van der Waals surface area contributed by atoms with Gasteiger partial charge in [0.25, 0.3) is 0 Å². The highest BCUT2D eigenvalue weighted by Crippen LogP contribution is 2.22. The first-order chi connectivity index (χ1) is 9.38. The van der Waals surface area contributed by atoms with Crippen molar-refractivity contribution in [2.75, 3.05) is 6.54 Å². The van der Waals surface area contributed by atoms with Gasteiger partial charge in [0, 0.05) is 19.3 Å². The van der Waals surface area contributed by atoms with Crippen LogP contribution in [0.15, 0.2) is 47.3 Å². The number of nitrogens with zero attached hydrogens (tertiary/aromatic N) is 1. The van der Waals surface area contributed by atoms with Crippen LogP contribution in [0.25, 0.3) is 10.9 Å². The Morgan fingerprint density at radius 2 is 2.16 bits per heavy atom. The summed E-state index contributed by atoms with van der Waals surface area (Å²) >= 11 is 1.76. The van der Waals surface area contributed by atoms with Gasteiger partial charge in [-0.05, 0) is 46.0 Å². The van der Waals surface area contributed by atoms with Crippen molar-refractivity contribution < 1.29 is 0 Å². The fourth-order valence-electron chi connectivity index (χ4n) is 2.45. The van der Waals surface area contributed by atoms with Crippen LogP contribution in [0.4, 0.5) is 0 Å². The van der Waals surface area contributed by atoms with Crippen molar-refractivity contribution in [1.82, 2.24) is 9.88 Å². The van der Waals surface area contributed by atoms with Gasteiger partial charge < -0.3 is 9.88 Å². The number of benzene rings is 1. The van der Waals surface area contributed by atoms with E-state index in [2.05, 4.69) is 64.1 Å². The number of hydrogen-bond acceptors (Lipinski definition) is 2. The second-order valence-corrected chi connectivity index (χ2v) is 5.49. The molecule has 0 aliphatic rings. The molecule has 0 bridgehead atoms. The van der Waals surface area contributed by atoms with E-state index in [4.69, 9.17) is 0 Å². The van der Waals surface area contributed by atoms with Crippen LogP contribution in [0.3, 0.4) is 0 Å². The summed E-state index contributed by atoms with van der Waals surface area (Å²) < 4.78 is 2.35. The van der Waals surface area contributed by atoms with Gasteiger partial charge in [-0.25, -0.2) is 0 Å². The molecule has 98 valence electrons. The minimum absolute atomic E-state index is 0.932. The Morgan fingerprint density at radius 3 is 2.95 bits per heavy atom. The molecule has 19 heavy (non-hydrogen) atoms. The zero-order chi connectivity index (χ0) is 13.1. The molecule has 0 atom stereocenters. The maximum Gasteiger partial charge on any atom is 0.0529 e. The number of hydrogen-bond donors (Lipinski definition) is 1. The van der Waals surface area contributed by atoms with E-state index in [0.717, 1.165) is 19.6 Å². The lowest BCUT2D eigenvalue weighted by Crippen LogP contribution is -2.13. The minimum atomic E-state index is 0.932. The first-order valence-corrected chi connectivity index (χ1v) is 7.61. The lowest BCUT2D eigenvalue weighted by Gasteiger charge is -2.09. The van der Waals surface area contributed by atoms with Gasteiger partial charge in [-0.3, -0.25) is 0 Å². The second-order valence-electron chi connectivity index (χ2n) is 4.71. The maximum atomic E-state index is 3.42. The van der Waals surface area contributed by atoms with Crippen molar-refractivity contribution >= 4 is 22.2 Å². The highest BCUT2D eigenvalue weighted by molar-refractivity contribution is 7.07. The molecule has 0 saturated heterocycles. The van der Waals surface area contributed by atoms with Crippen LogP contribution in [0.1, 0.15) is 18.1 Å². The molecule has 0 aliphatic heterocycles. The minimum Gasteiger partial charge on any atom is -0.343 e. The Hall–Kier alpha value is -1.58. The van der Waals surface area contributed by atoms with E-state index >= 15 is 0 Å². The fraction of sp³-hybridized carbons (Fsp3) is 0.250. The van der Waals surface area contributed by atoms with Gasteiger partial charge in [0.1, 0.15) is 0 Å². The van der Waals surface area contributed by atoms with Crippen LogP contribution in [-0.4, -0.2) is 11.1 Å². The first kappa shape index (κ1) is 12.5. The SMILES string of the molecule is CCNCc1cccc2ccn(Cc3ccsc3)c12. The van der Waals surface area contributed by atoms with E-state index in [9.17, 15) is 0 Å². The topological polar surface area (TPSA) is 17.0 Å². The highest BCUT2D eigenvalue weighted by Gasteiger charge is 2.06. The average Bonchev–Trinajstić information content (AvgIpc) is 3.07. The summed E-state index contributed by atoms with van der Waals surface area (Å²) in [5, 5.41) is 9.11.